The minimum absolute atomic E-state index is 0.0253. The van der Waals surface area contributed by atoms with Gasteiger partial charge in [-0.3, -0.25) is 0 Å². The molecule has 0 saturated heterocycles. The van der Waals surface area contributed by atoms with Crippen molar-refractivity contribution in [3.05, 3.63) is 0 Å². The van der Waals surface area contributed by atoms with Crippen LogP contribution in [-0.4, -0.2) is 40.7 Å². The third-order valence-electron chi connectivity index (χ3n) is 1.76. The second kappa shape index (κ2) is 5.49. The minimum atomic E-state index is -0.711. The van der Waals surface area contributed by atoms with Crippen molar-refractivity contribution in [3.63, 3.8) is 0 Å². The summed E-state index contributed by atoms with van der Waals surface area (Å²) in [4.78, 5) is 0. The molecule has 0 aromatic heterocycles. The van der Waals surface area contributed by atoms with Crippen molar-refractivity contribution in [2.75, 3.05) is 19.8 Å². The predicted molar refractivity (Wildman–Crippen MR) is 42.0 cm³/mol. The van der Waals surface area contributed by atoms with Crippen LogP contribution in [0.5, 0.6) is 0 Å². The average Bonchev–Trinajstić information content (AvgIpc) is 2.02. The van der Waals surface area contributed by atoms with Crippen LogP contribution in [0.25, 0.3) is 0 Å². The highest BCUT2D eigenvalue weighted by Crippen LogP contribution is 2.12. The normalized spacial score (nSPS) is 16.4. The van der Waals surface area contributed by atoms with Gasteiger partial charge in [0.25, 0.3) is 0 Å². The summed E-state index contributed by atoms with van der Waals surface area (Å²) in [5.74, 6) is 0. The van der Waals surface area contributed by atoms with Crippen molar-refractivity contribution in [1.29, 1.82) is 0 Å². The first-order chi connectivity index (χ1) is 5.18. The number of hydrogen-bond acceptors (Lipinski definition) is 4. The molecule has 0 aliphatic heterocycles. The van der Waals surface area contributed by atoms with Crippen LogP contribution in [0.1, 0.15) is 19.3 Å². The summed E-state index contributed by atoms with van der Waals surface area (Å²) in [7, 11) is 0. The van der Waals surface area contributed by atoms with Crippen molar-refractivity contribution in [2.45, 2.75) is 24.8 Å². The zero-order valence-corrected chi connectivity index (χ0v) is 6.66. The molecule has 0 bridgehead atoms. The fourth-order valence-corrected chi connectivity index (χ4v) is 0.937. The Balaban J connectivity index is 3.68. The highest BCUT2D eigenvalue weighted by atomic mass is 16.3. The highest BCUT2D eigenvalue weighted by molar-refractivity contribution is 4.82. The van der Waals surface area contributed by atoms with Gasteiger partial charge in [-0.2, -0.15) is 0 Å². The van der Waals surface area contributed by atoms with Crippen molar-refractivity contribution in [1.82, 2.24) is 0 Å². The maximum atomic E-state index is 8.83. The molecule has 68 valence electrons. The van der Waals surface area contributed by atoms with Gasteiger partial charge in [-0.15, -0.1) is 0 Å². The molecule has 4 heteroatoms. The van der Waals surface area contributed by atoms with Crippen molar-refractivity contribution in [2.24, 2.45) is 5.73 Å². The molecular weight excluding hydrogens is 146 g/mol. The van der Waals surface area contributed by atoms with Gasteiger partial charge in [0.05, 0.1) is 6.61 Å². The summed E-state index contributed by atoms with van der Waals surface area (Å²) in [6.07, 6.45) is 1.49. The van der Waals surface area contributed by atoms with E-state index in [0.29, 0.717) is 19.3 Å². The topological polar surface area (TPSA) is 86.7 Å². The third kappa shape index (κ3) is 4.31. The van der Waals surface area contributed by atoms with E-state index in [1.807, 2.05) is 0 Å². The van der Waals surface area contributed by atoms with E-state index in [2.05, 4.69) is 0 Å². The van der Waals surface area contributed by atoms with E-state index >= 15 is 0 Å². The van der Waals surface area contributed by atoms with E-state index < -0.39 is 5.54 Å². The smallest absolute Gasteiger partial charge is 0.0612 e. The molecule has 0 aromatic rings. The van der Waals surface area contributed by atoms with Gasteiger partial charge in [0, 0.05) is 18.8 Å². The lowest BCUT2D eigenvalue weighted by Crippen LogP contribution is -2.44. The van der Waals surface area contributed by atoms with Crippen molar-refractivity contribution >= 4 is 0 Å². The lowest BCUT2D eigenvalue weighted by atomic mass is 9.92. The van der Waals surface area contributed by atoms with Gasteiger partial charge in [0.2, 0.25) is 0 Å². The molecule has 0 rings (SSSR count). The number of aliphatic hydroxyl groups is 3. The van der Waals surface area contributed by atoms with Crippen molar-refractivity contribution in [3.8, 4) is 0 Å². The number of hydrogen-bond donors (Lipinski definition) is 4. The second-order valence-corrected chi connectivity index (χ2v) is 2.82. The first kappa shape index (κ1) is 10.8. The van der Waals surface area contributed by atoms with Crippen LogP contribution in [0.2, 0.25) is 0 Å². The lowest BCUT2D eigenvalue weighted by molar-refractivity contribution is 0.139. The molecule has 11 heavy (non-hydrogen) atoms. The fourth-order valence-electron chi connectivity index (χ4n) is 0.937. The Morgan fingerprint density at radius 1 is 1.00 bits per heavy atom. The summed E-state index contributed by atoms with van der Waals surface area (Å²) in [6.45, 7) is -0.0968. The second-order valence-electron chi connectivity index (χ2n) is 2.82. The summed E-state index contributed by atoms with van der Waals surface area (Å²) in [5, 5.41) is 25.9. The summed E-state index contributed by atoms with van der Waals surface area (Å²) in [5.41, 5.74) is 4.96. The zero-order valence-electron chi connectivity index (χ0n) is 6.66. The molecular formula is C7H17NO3. The molecule has 0 aliphatic rings. The van der Waals surface area contributed by atoms with Gasteiger partial charge in [-0.25, -0.2) is 0 Å². The van der Waals surface area contributed by atoms with Gasteiger partial charge in [-0.05, 0) is 19.3 Å². The molecule has 0 heterocycles. The maximum absolute atomic E-state index is 8.83. The van der Waals surface area contributed by atoms with E-state index in [1.165, 1.54) is 0 Å². The Kier molecular flexibility index (Phi) is 5.41. The third-order valence-corrected chi connectivity index (χ3v) is 1.76. The number of nitrogens with two attached hydrogens (primary N) is 1. The SMILES string of the molecule is NC(CO)(CCO)CCCO. The molecule has 5 N–H and O–H groups in total. The summed E-state index contributed by atoms with van der Waals surface area (Å²) < 4.78 is 0. The van der Waals surface area contributed by atoms with Crippen LogP contribution >= 0.6 is 0 Å². The minimum Gasteiger partial charge on any atom is -0.396 e. The molecule has 0 spiro atoms. The van der Waals surface area contributed by atoms with Crippen LogP contribution in [-0.2, 0) is 0 Å². The van der Waals surface area contributed by atoms with Gasteiger partial charge >= 0.3 is 0 Å². The lowest BCUT2D eigenvalue weighted by Gasteiger charge is -2.25. The van der Waals surface area contributed by atoms with Gasteiger partial charge in [-0.1, -0.05) is 0 Å². The Bertz CT molecular complexity index is 99.7. The standard InChI is InChI=1S/C7H17NO3/c8-7(6-11,3-5-10)2-1-4-9/h9-11H,1-6,8H2. The van der Waals surface area contributed by atoms with E-state index in [9.17, 15) is 0 Å². The molecule has 0 aliphatic carbocycles. The van der Waals surface area contributed by atoms with Gasteiger partial charge < -0.3 is 21.1 Å². The first-order valence-electron chi connectivity index (χ1n) is 3.80. The predicted octanol–water partition coefficient (Wildman–Crippen LogP) is -1.17. The molecule has 0 radical (unpaired) electrons. The molecule has 1 unspecified atom stereocenters. The van der Waals surface area contributed by atoms with Gasteiger partial charge in [0.1, 0.15) is 0 Å². The Morgan fingerprint density at radius 2 is 1.64 bits per heavy atom. The summed E-state index contributed by atoms with van der Waals surface area (Å²) >= 11 is 0. The number of aliphatic hydroxyl groups excluding tert-OH is 3. The Morgan fingerprint density at radius 3 is 2.00 bits per heavy atom. The molecule has 0 aromatic carbocycles. The van der Waals surface area contributed by atoms with E-state index in [-0.39, 0.29) is 19.8 Å². The van der Waals surface area contributed by atoms with E-state index in [1.54, 1.807) is 0 Å². The molecule has 0 fully saturated rings. The highest BCUT2D eigenvalue weighted by Gasteiger charge is 2.22. The monoisotopic (exact) mass is 163 g/mol. The largest absolute Gasteiger partial charge is 0.396 e. The van der Waals surface area contributed by atoms with Gasteiger partial charge in [0.15, 0.2) is 0 Å². The average molecular weight is 163 g/mol. The molecule has 4 nitrogen and oxygen atoms in total. The molecule has 0 amide bonds. The molecule has 0 saturated carbocycles. The van der Waals surface area contributed by atoms with Crippen molar-refractivity contribution < 1.29 is 15.3 Å². The summed E-state index contributed by atoms with van der Waals surface area (Å²) in [6, 6.07) is 0. The van der Waals surface area contributed by atoms with Crippen LogP contribution in [0, 0.1) is 0 Å². The first-order valence-corrected chi connectivity index (χ1v) is 3.80. The maximum Gasteiger partial charge on any atom is 0.0612 e. The van der Waals surface area contributed by atoms with Crippen LogP contribution < -0.4 is 5.73 Å². The van der Waals surface area contributed by atoms with Crippen LogP contribution in [0.15, 0.2) is 0 Å². The quantitative estimate of drug-likeness (QED) is 0.397. The van der Waals surface area contributed by atoms with Crippen LogP contribution in [0.4, 0.5) is 0 Å². The van der Waals surface area contributed by atoms with Crippen LogP contribution in [0.3, 0.4) is 0 Å². The Labute approximate surface area is 66.7 Å². The Hall–Kier alpha value is -0.160. The number of rotatable bonds is 6. The molecule has 1 atom stereocenters. The van der Waals surface area contributed by atoms with E-state index in [0.717, 1.165) is 0 Å². The zero-order chi connectivity index (χ0) is 8.74. The van der Waals surface area contributed by atoms with E-state index in [4.69, 9.17) is 21.1 Å². The fraction of sp³-hybridized carbons (Fsp3) is 1.00.